The van der Waals surface area contributed by atoms with E-state index in [1.807, 2.05) is 0 Å². The number of hydrogen-bond acceptors (Lipinski definition) is 5. The summed E-state index contributed by atoms with van der Waals surface area (Å²) in [5, 5.41) is 8.50. The molecule has 0 atom stereocenters. The van der Waals surface area contributed by atoms with Gasteiger partial charge in [0, 0.05) is 18.4 Å². The largest absolute Gasteiger partial charge is 0.481 e. The molecule has 6 nitrogen and oxygen atoms in total. The number of aliphatic carboxylic acids is 1. The van der Waals surface area contributed by atoms with Crippen molar-refractivity contribution in [2.45, 2.75) is 77.6 Å². The first-order chi connectivity index (χ1) is 11.9. The van der Waals surface area contributed by atoms with Crippen molar-refractivity contribution in [1.29, 1.82) is 0 Å². The lowest BCUT2D eigenvalue weighted by Crippen LogP contribution is -2.06. The summed E-state index contributed by atoms with van der Waals surface area (Å²) >= 11 is 0. The normalized spacial score (nSPS) is 10.3. The Bertz CT molecular complexity index is 416. The number of esters is 2. The maximum atomic E-state index is 11.5. The Balaban J connectivity index is 3.27. The third-order valence-electron chi connectivity index (χ3n) is 3.65. The quantitative estimate of drug-likeness (QED) is 0.255. The molecule has 0 aromatic rings. The van der Waals surface area contributed by atoms with Crippen LogP contribution in [-0.4, -0.2) is 36.2 Å². The highest BCUT2D eigenvalue weighted by molar-refractivity contribution is 5.86. The van der Waals surface area contributed by atoms with Gasteiger partial charge >= 0.3 is 17.9 Å². The zero-order chi connectivity index (χ0) is 18.9. The lowest BCUT2D eigenvalue weighted by atomic mass is 10.1. The molecule has 144 valence electrons. The summed E-state index contributed by atoms with van der Waals surface area (Å²) in [6.07, 6.45) is 8.43. The highest BCUT2D eigenvalue weighted by Crippen LogP contribution is 2.08. The van der Waals surface area contributed by atoms with E-state index in [0.717, 1.165) is 44.9 Å². The zero-order valence-electron chi connectivity index (χ0n) is 15.4. The smallest absolute Gasteiger partial charge is 0.333 e. The number of hydrogen-bond donors (Lipinski definition) is 1. The summed E-state index contributed by atoms with van der Waals surface area (Å²) in [6, 6.07) is 0. The van der Waals surface area contributed by atoms with Crippen LogP contribution < -0.4 is 0 Å². The Morgan fingerprint density at radius 2 is 1.24 bits per heavy atom. The number of unbranched alkanes of at least 4 members (excludes halogenated alkanes) is 7. The first kappa shape index (κ1) is 23.1. The highest BCUT2D eigenvalue weighted by atomic mass is 16.5. The molecule has 0 spiro atoms. The minimum absolute atomic E-state index is 0.158. The first-order valence-electron chi connectivity index (χ1n) is 9.13. The molecule has 0 unspecified atom stereocenters. The summed E-state index contributed by atoms with van der Waals surface area (Å²) in [5.41, 5.74) is 0.426. The summed E-state index contributed by atoms with van der Waals surface area (Å²) in [7, 11) is 0. The van der Waals surface area contributed by atoms with Crippen LogP contribution in [0.5, 0.6) is 0 Å². The van der Waals surface area contributed by atoms with Crippen LogP contribution in [-0.2, 0) is 23.9 Å². The number of carbonyl (C=O) groups excluding carboxylic acids is 2. The van der Waals surface area contributed by atoms with Gasteiger partial charge in [-0.1, -0.05) is 38.7 Å². The van der Waals surface area contributed by atoms with Crippen LogP contribution in [0.1, 0.15) is 77.6 Å². The van der Waals surface area contributed by atoms with Crippen molar-refractivity contribution >= 4 is 17.9 Å². The monoisotopic (exact) mass is 356 g/mol. The van der Waals surface area contributed by atoms with E-state index in [0.29, 0.717) is 38.0 Å². The summed E-state index contributed by atoms with van der Waals surface area (Å²) in [5.74, 6) is -1.33. The van der Waals surface area contributed by atoms with E-state index in [4.69, 9.17) is 14.6 Å². The van der Waals surface area contributed by atoms with Crippen LogP contribution in [0.3, 0.4) is 0 Å². The molecule has 0 aliphatic heterocycles. The minimum atomic E-state index is -0.796. The Morgan fingerprint density at radius 3 is 1.80 bits per heavy atom. The van der Waals surface area contributed by atoms with Gasteiger partial charge in [0.2, 0.25) is 0 Å². The molecule has 0 aliphatic carbocycles. The second kappa shape index (κ2) is 15.7. The van der Waals surface area contributed by atoms with Gasteiger partial charge < -0.3 is 14.6 Å². The fourth-order valence-corrected chi connectivity index (χ4v) is 2.18. The average molecular weight is 356 g/mol. The van der Waals surface area contributed by atoms with Crippen molar-refractivity contribution in [1.82, 2.24) is 0 Å². The summed E-state index contributed by atoms with van der Waals surface area (Å²) in [4.78, 5) is 32.9. The molecule has 1 N–H and O–H groups in total. The van der Waals surface area contributed by atoms with Gasteiger partial charge in [0.15, 0.2) is 0 Å². The molecule has 0 saturated carbocycles. The predicted octanol–water partition coefficient (Wildman–Crippen LogP) is 4.02. The van der Waals surface area contributed by atoms with Crippen molar-refractivity contribution in [2.24, 2.45) is 0 Å². The fourth-order valence-electron chi connectivity index (χ4n) is 2.18. The minimum Gasteiger partial charge on any atom is -0.481 e. The van der Waals surface area contributed by atoms with E-state index in [1.54, 1.807) is 6.92 Å². The van der Waals surface area contributed by atoms with Gasteiger partial charge in [0.25, 0.3) is 0 Å². The number of carboxylic acids is 1. The van der Waals surface area contributed by atoms with Crippen molar-refractivity contribution in [3.8, 4) is 0 Å². The van der Waals surface area contributed by atoms with Gasteiger partial charge in [-0.3, -0.25) is 9.59 Å². The molecule has 25 heavy (non-hydrogen) atoms. The van der Waals surface area contributed by atoms with Crippen LogP contribution in [0.2, 0.25) is 0 Å². The molecule has 0 rings (SSSR count). The van der Waals surface area contributed by atoms with Crippen LogP contribution in [0.25, 0.3) is 0 Å². The number of ether oxygens (including phenoxy) is 2. The van der Waals surface area contributed by atoms with E-state index in [1.165, 1.54) is 0 Å². The molecule has 0 fully saturated rings. The topological polar surface area (TPSA) is 89.9 Å². The van der Waals surface area contributed by atoms with Gasteiger partial charge in [-0.15, -0.1) is 0 Å². The van der Waals surface area contributed by atoms with E-state index >= 15 is 0 Å². The van der Waals surface area contributed by atoms with E-state index in [9.17, 15) is 14.4 Å². The molecule has 0 bridgehead atoms. The lowest BCUT2D eigenvalue weighted by Gasteiger charge is -2.06. The standard InChI is InChI=1S/C19H32O6/c1-16(2)19(23)25-15-11-6-4-3-5-10-14-24-18(22)13-9-7-8-12-17(20)21/h1,3-15H2,2H3,(H,20,21). The second-order valence-corrected chi connectivity index (χ2v) is 6.21. The SMILES string of the molecule is C=C(C)C(=O)OCCCCCCCCOC(=O)CCCCCC(=O)O. The van der Waals surface area contributed by atoms with Crippen LogP contribution >= 0.6 is 0 Å². The van der Waals surface area contributed by atoms with Gasteiger partial charge in [-0.05, 0) is 32.6 Å². The van der Waals surface area contributed by atoms with Crippen LogP contribution in [0.15, 0.2) is 12.2 Å². The van der Waals surface area contributed by atoms with E-state index in [2.05, 4.69) is 6.58 Å². The molecule has 0 aromatic carbocycles. The van der Waals surface area contributed by atoms with Gasteiger partial charge in [-0.2, -0.15) is 0 Å². The molecule has 0 heterocycles. The maximum Gasteiger partial charge on any atom is 0.333 e. The lowest BCUT2D eigenvalue weighted by molar-refractivity contribution is -0.144. The van der Waals surface area contributed by atoms with Crippen LogP contribution in [0, 0.1) is 0 Å². The summed E-state index contributed by atoms with van der Waals surface area (Å²) in [6.45, 7) is 6.05. The van der Waals surface area contributed by atoms with Crippen molar-refractivity contribution in [2.75, 3.05) is 13.2 Å². The van der Waals surface area contributed by atoms with Crippen molar-refractivity contribution in [3.63, 3.8) is 0 Å². The molecule has 6 heteroatoms. The predicted molar refractivity (Wildman–Crippen MR) is 95.2 cm³/mol. The number of rotatable bonds is 16. The Morgan fingerprint density at radius 1 is 0.760 bits per heavy atom. The third-order valence-corrected chi connectivity index (χ3v) is 3.65. The number of carboxylic acid groups (broad SMARTS) is 1. The molecule has 0 radical (unpaired) electrons. The average Bonchev–Trinajstić information content (AvgIpc) is 2.55. The van der Waals surface area contributed by atoms with E-state index in [-0.39, 0.29) is 18.4 Å². The van der Waals surface area contributed by atoms with Gasteiger partial charge in [0.1, 0.15) is 0 Å². The molecule has 0 aromatic heterocycles. The van der Waals surface area contributed by atoms with Crippen molar-refractivity contribution < 1.29 is 29.0 Å². The Labute approximate surface area is 150 Å². The second-order valence-electron chi connectivity index (χ2n) is 6.21. The third kappa shape index (κ3) is 16.8. The zero-order valence-corrected chi connectivity index (χ0v) is 15.4. The molecular weight excluding hydrogens is 324 g/mol. The molecule has 0 aliphatic rings. The highest BCUT2D eigenvalue weighted by Gasteiger charge is 2.04. The Kier molecular flexibility index (Phi) is 14.5. The van der Waals surface area contributed by atoms with E-state index < -0.39 is 5.97 Å². The van der Waals surface area contributed by atoms with Crippen molar-refractivity contribution in [3.05, 3.63) is 12.2 Å². The molecule has 0 saturated heterocycles. The number of carbonyl (C=O) groups is 3. The fraction of sp³-hybridized carbons (Fsp3) is 0.737. The van der Waals surface area contributed by atoms with Gasteiger partial charge in [0.05, 0.1) is 13.2 Å². The summed E-state index contributed by atoms with van der Waals surface area (Å²) < 4.78 is 10.2. The molecular formula is C19H32O6. The van der Waals surface area contributed by atoms with Crippen LogP contribution in [0.4, 0.5) is 0 Å². The molecule has 0 amide bonds. The van der Waals surface area contributed by atoms with Gasteiger partial charge in [-0.25, -0.2) is 4.79 Å². The first-order valence-corrected chi connectivity index (χ1v) is 9.13. The maximum absolute atomic E-state index is 11.5. The Hall–Kier alpha value is -1.85.